The highest BCUT2D eigenvalue weighted by molar-refractivity contribution is 9.11. The minimum Gasteiger partial charge on any atom is -0.381 e. The third-order valence-electron chi connectivity index (χ3n) is 2.47. The Kier molecular flexibility index (Phi) is 3.88. The number of ether oxygens (including phenoxy) is 1. The van der Waals surface area contributed by atoms with E-state index in [2.05, 4.69) is 28.1 Å². The third kappa shape index (κ3) is 2.72. The van der Waals surface area contributed by atoms with Gasteiger partial charge in [-0.1, -0.05) is 0 Å². The minimum absolute atomic E-state index is 0.282. The summed E-state index contributed by atoms with van der Waals surface area (Å²) in [5, 5.41) is 0.282. The van der Waals surface area contributed by atoms with Gasteiger partial charge in [-0.3, -0.25) is 0 Å². The van der Waals surface area contributed by atoms with Gasteiger partial charge in [-0.2, -0.15) is 0 Å². The molecule has 0 N–H and O–H groups in total. The molecule has 2 unspecified atom stereocenters. The molecule has 0 aromatic carbocycles. The van der Waals surface area contributed by atoms with Gasteiger partial charge < -0.3 is 4.74 Å². The predicted molar refractivity (Wildman–Crippen MR) is 64.3 cm³/mol. The zero-order chi connectivity index (χ0) is 9.97. The van der Waals surface area contributed by atoms with Gasteiger partial charge >= 0.3 is 0 Å². The van der Waals surface area contributed by atoms with Gasteiger partial charge in [0.2, 0.25) is 0 Å². The summed E-state index contributed by atoms with van der Waals surface area (Å²) in [5.74, 6) is 0.482. The molecule has 1 saturated heterocycles. The van der Waals surface area contributed by atoms with E-state index in [0.29, 0.717) is 5.92 Å². The van der Waals surface area contributed by atoms with Crippen molar-refractivity contribution in [2.45, 2.75) is 18.2 Å². The second kappa shape index (κ2) is 4.97. The van der Waals surface area contributed by atoms with Gasteiger partial charge in [0.15, 0.2) is 0 Å². The fourth-order valence-electron chi connectivity index (χ4n) is 1.68. The van der Waals surface area contributed by atoms with Gasteiger partial charge in [0, 0.05) is 22.8 Å². The van der Waals surface area contributed by atoms with Gasteiger partial charge in [-0.15, -0.1) is 22.9 Å². The van der Waals surface area contributed by atoms with Crippen molar-refractivity contribution >= 4 is 38.9 Å². The van der Waals surface area contributed by atoms with E-state index in [1.165, 1.54) is 8.66 Å². The van der Waals surface area contributed by atoms with Crippen LogP contribution < -0.4 is 0 Å². The van der Waals surface area contributed by atoms with Gasteiger partial charge in [0.25, 0.3) is 0 Å². The molecule has 1 aliphatic rings. The summed E-state index contributed by atoms with van der Waals surface area (Å²) < 4.78 is 6.63. The third-order valence-corrected chi connectivity index (χ3v) is 4.69. The van der Waals surface area contributed by atoms with E-state index in [4.69, 9.17) is 16.3 Å². The quantitative estimate of drug-likeness (QED) is 0.756. The van der Waals surface area contributed by atoms with Crippen molar-refractivity contribution < 1.29 is 4.74 Å². The van der Waals surface area contributed by atoms with E-state index in [-0.39, 0.29) is 5.38 Å². The standard InChI is InChI=1S/C10H12BrClOS/c11-10-2-1-8(14-10)5-7-6-13-4-3-9(7)12/h1-2,7,9H,3-6H2. The fourth-order valence-corrected chi connectivity index (χ4v) is 3.50. The van der Waals surface area contributed by atoms with Crippen LogP contribution in [-0.2, 0) is 11.2 Å². The Morgan fingerprint density at radius 3 is 3.07 bits per heavy atom. The molecular formula is C10H12BrClOS. The molecule has 1 aromatic rings. The molecule has 1 fully saturated rings. The van der Waals surface area contributed by atoms with Crippen LogP contribution in [0.15, 0.2) is 15.9 Å². The maximum Gasteiger partial charge on any atom is 0.0701 e. The van der Waals surface area contributed by atoms with Crippen molar-refractivity contribution in [2.24, 2.45) is 5.92 Å². The molecule has 1 aliphatic heterocycles. The molecule has 0 bridgehead atoms. The van der Waals surface area contributed by atoms with Crippen LogP contribution in [0.1, 0.15) is 11.3 Å². The molecule has 78 valence electrons. The highest BCUT2D eigenvalue weighted by Crippen LogP contribution is 2.29. The van der Waals surface area contributed by atoms with Gasteiger partial charge in [-0.25, -0.2) is 0 Å². The topological polar surface area (TPSA) is 9.23 Å². The van der Waals surface area contributed by atoms with Crippen molar-refractivity contribution in [1.82, 2.24) is 0 Å². The Balaban J connectivity index is 1.95. The molecule has 1 nitrogen and oxygen atoms in total. The van der Waals surface area contributed by atoms with Crippen LogP contribution in [0, 0.1) is 5.92 Å². The summed E-state index contributed by atoms with van der Waals surface area (Å²) in [5.41, 5.74) is 0. The first-order chi connectivity index (χ1) is 6.75. The molecule has 1 aromatic heterocycles. The smallest absolute Gasteiger partial charge is 0.0701 e. The molecule has 14 heavy (non-hydrogen) atoms. The van der Waals surface area contributed by atoms with Crippen LogP contribution in [0.4, 0.5) is 0 Å². The first-order valence-electron chi connectivity index (χ1n) is 4.72. The van der Waals surface area contributed by atoms with Crippen molar-refractivity contribution in [1.29, 1.82) is 0 Å². The lowest BCUT2D eigenvalue weighted by Crippen LogP contribution is -2.29. The van der Waals surface area contributed by atoms with E-state index in [1.807, 2.05) is 0 Å². The van der Waals surface area contributed by atoms with Gasteiger partial charge in [0.05, 0.1) is 10.4 Å². The normalized spacial score (nSPS) is 27.9. The fraction of sp³-hybridized carbons (Fsp3) is 0.600. The average molecular weight is 296 g/mol. The van der Waals surface area contributed by atoms with Crippen LogP contribution >= 0.6 is 38.9 Å². The number of alkyl halides is 1. The molecule has 0 radical (unpaired) electrons. The summed E-state index contributed by atoms with van der Waals surface area (Å²) in [6, 6.07) is 4.25. The second-order valence-corrected chi connectivity index (χ2v) is 6.66. The summed E-state index contributed by atoms with van der Waals surface area (Å²) in [4.78, 5) is 1.39. The molecule has 4 heteroatoms. The van der Waals surface area contributed by atoms with Crippen molar-refractivity contribution in [3.8, 4) is 0 Å². The number of hydrogen-bond donors (Lipinski definition) is 0. The maximum atomic E-state index is 6.25. The number of hydrogen-bond acceptors (Lipinski definition) is 2. The first kappa shape index (κ1) is 10.9. The van der Waals surface area contributed by atoms with E-state index >= 15 is 0 Å². The van der Waals surface area contributed by atoms with Gasteiger partial charge in [0.1, 0.15) is 0 Å². The number of halogens is 2. The molecule has 0 aliphatic carbocycles. The highest BCUT2D eigenvalue weighted by Gasteiger charge is 2.24. The number of rotatable bonds is 2. The van der Waals surface area contributed by atoms with E-state index in [9.17, 15) is 0 Å². The lowest BCUT2D eigenvalue weighted by Gasteiger charge is -2.26. The summed E-state index contributed by atoms with van der Waals surface area (Å²) >= 11 is 11.5. The molecule has 2 rings (SSSR count). The van der Waals surface area contributed by atoms with E-state index in [1.54, 1.807) is 11.3 Å². The Bertz CT molecular complexity index is 302. The van der Waals surface area contributed by atoms with Crippen molar-refractivity contribution in [3.05, 3.63) is 20.8 Å². The Labute approximate surface area is 102 Å². The zero-order valence-corrected chi connectivity index (χ0v) is 10.9. The van der Waals surface area contributed by atoms with Crippen molar-refractivity contribution in [3.63, 3.8) is 0 Å². The van der Waals surface area contributed by atoms with Crippen LogP contribution in [0.25, 0.3) is 0 Å². The monoisotopic (exact) mass is 294 g/mol. The van der Waals surface area contributed by atoms with Crippen LogP contribution in [-0.4, -0.2) is 18.6 Å². The SMILES string of the molecule is ClC1CCOCC1Cc1ccc(Br)s1. The first-order valence-corrected chi connectivity index (χ1v) is 6.76. The molecule has 0 saturated carbocycles. The largest absolute Gasteiger partial charge is 0.381 e. The van der Waals surface area contributed by atoms with E-state index in [0.717, 1.165) is 26.1 Å². The highest BCUT2D eigenvalue weighted by atomic mass is 79.9. The maximum absolute atomic E-state index is 6.25. The molecule has 2 atom stereocenters. The van der Waals surface area contributed by atoms with Gasteiger partial charge in [-0.05, 0) is 40.9 Å². The minimum atomic E-state index is 0.282. The molecule has 0 spiro atoms. The Morgan fingerprint density at radius 2 is 2.43 bits per heavy atom. The number of thiophene rings is 1. The summed E-state index contributed by atoms with van der Waals surface area (Å²) in [7, 11) is 0. The lowest BCUT2D eigenvalue weighted by atomic mass is 9.97. The van der Waals surface area contributed by atoms with Crippen LogP contribution in [0.3, 0.4) is 0 Å². The van der Waals surface area contributed by atoms with E-state index < -0.39 is 0 Å². The second-order valence-electron chi connectivity index (χ2n) is 3.55. The molecule has 2 heterocycles. The summed E-state index contributed by atoms with van der Waals surface area (Å²) in [6.45, 7) is 1.63. The summed E-state index contributed by atoms with van der Waals surface area (Å²) in [6.07, 6.45) is 2.03. The zero-order valence-electron chi connectivity index (χ0n) is 7.71. The Hall–Kier alpha value is 0.430. The van der Waals surface area contributed by atoms with Crippen molar-refractivity contribution in [2.75, 3.05) is 13.2 Å². The average Bonchev–Trinajstić information content (AvgIpc) is 2.56. The Morgan fingerprint density at radius 1 is 1.57 bits per heavy atom. The predicted octanol–water partition coefficient (Wildman–Crippen LogP) is 3.70. The van der Waals surface area contributed by atoms with Crippen LogP contribution in [0.2, 0.25) is 0 Å². The molecular weight excluding hydrogens is 284 g/mol. The lowest BCUT2D eigenvalue weighted by molar-refractivity contribution is 0.0581. The van der Waals surface area contributed by atoms with Crippen LogP contribution in [0.5, 0.6) is 0 Å². The molecule has 0 amide bonds.